The lowest BCUT2D eigenvalue weighted by molar-refractivity contribution is 0.0530. The predicted octanol–water partition coefficient (Wildman–Crippen LogP) is 5.53. The minimum absolute atomic E-state index is 0.280. The Kier molecular flexibility index (Phi) is 10.4. The number of benzene rings is 2. The minimum atomic E-state index is -3.51. The summed E-state index contributed by atoms with van der Waals surface area (Å²) in [5.74, 6) is 2.03. The van der Waals surface area contributed by atoms with Crippen LogP contribution in [0.2, 0.25) is 0 Å². The van der Waals surface area contributed by atoms with Crippen LogP contribution in [0.25, 0.3) is 10.9 Å². The van der Waals surface area contributed by atoms with Gasteiger partial charge in [-0.2, -0.15) is 4.98 Å². The first-order valence-corrected chi connectivity index (χ1v) is 16.2. The quantitative estimate of drug-likeness (QED) is 0.200. The molecule has 1 saturated carbocycles. The van der Waals surface area contributed by atoms with E-state index in [4.69, 9.17) is 14.7 Å². The first-order valence-electron chi connectivity index (χ1n) is 13.9. The average Bonchev–Trinajstić information content (AvgIpc) is 2.93. The van der Waals surface area contributed by atoms with Gasteiger partial charge in [-0.05, 0) is 94.7 Å². The van der Waals surface area contributed by atoms with E-state index >= 15 is 0 Å². The fourth-order valence-electron chi connectivity index (χ4n) is 4.75. The van der Waals surface area contributed by atoms with Gasteiger partial charge in [0.05, 0.1) is 10.4 Å². The Morgan fingerprint density at radius 1 is 0.927 bits per heavy atom. The van der Waals surface area contributed by atoms with Crippen molar-refractivity contribution in [2.45, 2.75) is 57.0 Å². The fraction of sp³-hybridized carbons (Fsp3) is 0.483. The smallest absolute Gasteiger partial charge is 0.407 e. The Labute approximate surface area is 250 Å². The van der Waals surface area contributed by atoms with Gasteiger partial charge in [0.2, 0.25) is 16.0 Å². The fourth-order valence-corrected chi connectivity index (χ4v) is 6.13. The summed E-state index contributed by atoms with van der Waals surface area (Å²) in [7, 11) is -3.51. The highest BCUT2D eigenvalue weighted by Gasteiger charge is 2.24. The lowest BCUT2D eigenvalue weighted by atomic mass is 9.82. The standard InChI is InChI=1S/C29H39BrN6O4S/c1-29(2,3)40-28(37)32-17-16-31-26-24-6-4-5-7-25(24)35-27(36-26)33-18-20-8-10-21(11-9-20)19-34-41(38,39)23-14-12-22(30)13-15-23/h4-7,12-15,20-21,34H,8-11,16-19H2,1-3H3,(H,32,37)(H2,31,33,35,36)/t20-,21-. The molecule has 1 aromatic heterocycles. The van der Waals surface area contributed by atoms with Gasteiger partial charge in [0, 0.05) is 36.0 Å². The molecule has 4 N–H and O–H groups in total. The van der Waals surface area contributed by atoms with Crippen LogP contribution in [0.4, 0.5) is 16.6 Å². The molecule has 0 spiro atoms. The highest BCUT2D eigenvalue weighted by Crippen LogP contribution is 2.29. The molecule has 0 radical (unpaired) electrons. The molecule has 0 bridgehead atoms. The molecule has 0 saturated heterocycles. The van der Waals surface area contributed by atoms with Crippen LogP contribution < -0.4 is 20.7 Å². The molecule has 4 rings (SSSR count). The van der Waals surface area contributed by atoms with E-state index < -0.39 is 21.7 Å². The third kappa shape index (κ3) is 9.54. The van der Waals surface area contributed by atoms with Gasteiger partial charge < -0.3 is 20.7 Å². The zero-order valence-corrected chi connectivity index (χ0v) is 26.1. The molecule has 1 aliphatic carbocycles. The molecule has 1 amide bonds. The Bertz CT molecular complexity index is 1420. The maximum absolute atomic E-state index is 12.6. The third-order valence-corrected chi connectivity index (χ3v) is 8.86. The number of aromatic nitrogens is 2. The van der Waals surface area contributed by atoms with Gasteiger partial charge >= 0.3 is 6.09 Å². The summed E-state index contributed by atoms with van der Waals surface area (Å²) in [6.07, 6.45) is 3.49. The summed E-state index contributed by atoms with van der Waals surface area (Å²) in [5.41, 5.74) is 0.285. The maximum atomic E-state index is 12.6. The van der Waals surface area contributed by atoms with Crippen LogP contribution in [0.5, 0.6) is 0 Å². The molecule has 1 heterocycles. The van der Waals surface area contributed by atoms with Gasteiger partial charge in [-0.15, -0.1) is 0 Å². The lowest BCUT2D eigenvalue weighted by Crippen LogP contribution is -2.35. The number of sulfonamides is 1. The third-order valence-electron chi connectivity index (χ3n) is 6.89. The second-order valence-corrected chi connectivity index (χ2v) is 14.0. The number of ether oxygens (including phenoxy) is 1. The number of nitrogens with one attached hydrogen (secondary N) is 4. The Morgan fingerprint density at radius 2 is 1.59 bits per heavy atom. The van der Waals surface area contributed by atoms with Gasteiger partial charge in [0.15, 0.2) is 0 Å². The van der Waals surface area contributed by atoms with Crippen molar-refractivity contribution >= 4 is 54.7 Å². The number of nitrogens with zero attached hydrogens (tertiary/aromatic N) is 2. The van der Waals surface area contributed by atoms with Crippen LogP contribution in [0.15, 0.2) is 57.9 Å². The van der Waals surface area contributed by atoms with Crippen molar-refractivity contribution in [2.75, 3.05) is 36.8 Å². The molecule has 12 heteroatoms. The summed E-state index contributed by atoms with van der Waals surface area (Å²) in [4.78, 5) is 21.6. The summed E-state index contributed by atoms with van der Waals surface area (Å²) in [6.45, 7) is 7.55. The molecule has 222 valence electrons. The van der Waals surface area contributed by atoms with Gasteiger partial charge in [-0.3, -0.25) is 0 Å². The molecule has 41 heavy (non-hydrogen) atoms. The Balaban J connectivity index is 1.25. The number of para-hydroxylation sites is 1. The van der Waals surface area contributed by atoms with E-state index in [1.165, 1.54) is 0 Å². The van der Waals surface area contributed by atoms with Crippen LogP contribution >= 0.6 is 15.9 Å². The number of hydrogen-bond donors (Lipinski definition) is 4. The second kappa shape index (κ2) is 13.8. The van der Waals surface area contributed by atoms with Gasteiger partial charge in [-0.1, -0.05) is 28.1 Å². The number of carbonyl (C=O) groups is 1. The van der Waals surface area contributed by atoms with Crippen LogP contribution in [-0.4, -0.2) is 56.3 Å². The molecule has 2 aromatic carbocycles. The summed E-state index contributed by atoms with van der Waals surface area (Å²) < 4.78 is 34.1. The summed E-state index contributed by atoms with van der Waals surface area (Å²) in [5, 5.41) is 10.4. The molecule has 10 nitrogen and oxygen atoms in total. The summed E-state index contributed by atoms with van der Waals surface area (Å²) >= 11 is 3.34. The predicted molar refractivity (Wildman–Crippen MR) is 166 cm³/mol. The Hall–Kier alpha value is -2.96. The molecular formula is C29H39BrN6O4S. The number of amides is 1. The number of rotatable bonds is 11. The van der Waals surface area contributed by atoms with Crippen molar-refractivity contribution in [1.29, 1.82) is 0 Å². The average molecular weight is 648 g/mol. The van der Waals surface area contributed by atoms with Crippen molar-refractivity contribution in [3.63, 3.8) is 0 Å². The topological polar surface area (TPSA) is 134 Å². The molecular weight excluding hydrogens is 608 g/mol. The molecule has 3 aromatic rings. The van der Waals surface area contributed by atoms with E-state index in [1.54, 1.807) is 24.3 Å². The van der Waals surface area contributed by atoms with E-state index in [0.717, 1.165) is 47.6 Å². The van der Waals surface area contributed by atoms with E-state index in [0.29, 0.717) is 43.2 Å². The van der Waals surface area contributed by atoms with Gasteiger partial charge in [0.1, 0.15) is 11.4 Å². The lowest BCUT2D eigenvalue weighted by Gasteiger charge is -2.28. The SMILES string of the molecule is CC(C)(C)OC(=O)NCCNc1nc(NC[C@H]2CC[C@H](CNS(=O)(=O)c3ccc(Br)cc3)CC2)nc2ccccc12. The van der Waals surface area contributed by atoms with Crippen molar-refractivity contribution in [1.82, 2.24) is 20.0 Å². The normalized spacial score (nSPS) is 17.7. The summed E-state index contributed by atoms with van der Waals surface area (Å²) in [6, 6.07) is 14.5. The van der Waals surface area contributed by atoms with Gasteiger partial charge in [-0.25, -0.2) is 22.9 Å². The first-order chi connectivity index (χ1) is 19.5. The first kappa shape index (κ1) is 31.0. The number of carbonyl (C=O) groups excluding carboxylic acids is 1. The molecule has 1 aliphatic rings. The molecule has 0 atom stereocenters. The van der Waals surface area contributed by atoms with Crippen LogP contribution in [0.3, 0.4) is 0 Å². The van der Waals surface area contributed by atoms with E-state index in [2.05, 4.69) is 36.6 Å². The minimum Gasteiger partial charge on any atom is -0.444 e. The zero-order valence-electron chi connectivity index (χ0n) is 23.7. The van der Waals surface area contributed by atoms with E-state index in [1.807, 2.05) is 45.0 Å². The van der Waals surface area contributed by atoms with Crippen molar-refractivity contribution in [2.24, 2.45) is 11.8 Å². The monoisotopic (exact) mass is 646 g/mol. The highest BCUT2D eigenvalue weighted by atomic mass is 79.9. The van der Waals surface area contributed by atoms with Crippen molar-refractivity contribution in [3.05, 3.63) is 53.0 Å². The number of anilines is 2. The largest absolute Gasteiger partial charge is 0.444 e. The molecule has 1 fully saturated rings. The number of halogens is 1. The molecule has 0 unspecified atom stereocenters. The van der Waals surface area contributed by atoms with Crippen LogP contribution in [0.1, 0.15) is 46.5 Å². The maximum Gasteiger partial charge on any atom is 0.407 e. The van der Waals surface area contributed by atoms with Crippen LogP contribution in [0, 0.1) is 11.8 Å². The Morgan fingerprint density at radius 3 is 2.27 bits per heavy atom. The van der Waals surface area contributed by atoms with E-state index in [-0.39, 0.29) is 4.90 Å². The van der Waals surface area contributed by atoms with Crippen LogP contribution in [-0.2, 0) is 14.8 Å². The van der Waals surface area contributed by atoms with Crippen molar-refractivity contribution in [3.8, 4) is 0 Å². The zero-order chi connectivity index (χ0) is 29.5. The van der Waals surface area contributed by atoms with Gasteiger partial charge in [0.25, 0.3) is 0 Å². The number of alkyl carbamates (subject to hydrolysis) is 1. The highest BCUT2D eigenvalue weighted by molar-refractivity contribution is 9.10. The number of hydrogen-bond acceptors (Lipinski definition) is 8. The number of fused-ring (bicyclic) bond motifs is 1. The van der Waals surface area contributed by atoms with E-state index in [9.17, 15) is 13.2 Å². The molecule has 0 aliphatic heterocycles. The second-order valence-electron chi connectivity index (χ2n) is 11.3. The van der Waals surface area contributed by atoms with Crippen molar-refractivity contribution < 1.29 is 17.9 Å².